The van der Waals surface area contributed by atoms with Gasteiger partial charge in [0.2, 0.25) is 0 Å². The summed E-state index contributed by atoms with van der Waals surface area (Å²) in [6.07, 6.45) is 6.13. The summed E-state index contributed by atoms with van der Waals surface area (Å²) in [7, 11) is 0. The van der Waals surface area contributed by atoms with Crippen molar-refractivity contribution in [3.05, 3.63) is 47.3 Å². The van der Waals surface area contributed by atoms with Crippen molar-refractivity contribution in [2.45, 2.75) is 25.7 Å². The van der Waals surface area contributed by atoms with Gasteiger partial charge in [-0.25, -0.2) is 0 Å². The molecule has 0 radical (unpaired) electrons. The summed E-state index contributed by atoms with van der Waals surface area (Å²) in [4.78, 5) is 15.6. The van der Waals surface area contributed by atoms with E-state index in [0.717, 1.165) is 36.1 Å². The summed E-state index contributed by atoms with van der Waals surface area (Å²) in [6, 6.07) is 7.14. The Hall–Kier alpha value is -2.27. The lowest BCUT2D eigenvalue weighted by Gasteiger charge is -2.13. The van der Waals surface area contributed by atoms with Crippen molar-refractivity contribution in [1.29, 1.82) is 0 Å². The smallest absolute Gasteiger partial charge is 0.257 e. The summed E-state index contributed by atoms with van der Waals surface area (Å²) in [5.41, 5.74) is 3.83. The fraction of sp³-hybridized carbons (Fsp3) is 0.353. The van der Waals surface area contributed by atoms with E-state index in [-0.39, 0.29) is 19.1 Å². The van der Waals surface area contributed by atoms with E-state index in [1.807, 2.05) is 6.20 Å². The van der Waals surface area contributed by atoms with Gasteiger partial charge in [0.15, 0.2) is 0 Å². The number of hydrogen-bond donors (Lipinski definition) is 3. The van der Waals surface area contributed by atoms with Crippen molar-refractivity contribution in [2.24, 2.45) is 0 Å². The topological polar surface area (TPSA) is 74.3 Å². The van der Waals surface area contributed by atoms with Crippen LogP contribution in [0.5, 0.6) is 5.75 Å². The van der Waals surface area contributed by atoms with Gasteiger partial charge in [0.05, 0.1) is 12.2 Å². The predicted octanol–water partition coefficient (Wildman–Crippen LogP) is 2.52. The molecule has 1 aromatic carbocycles. The first kappa shape index (κ1) is 14.7. The number of fused-ring (bicyclic) bond motifs is 1. The molecule has 0 saturated carbocycles. The third-order valence-electron chi connectivity index (χ3n) is 3.90. The van der Waals surface area contributed by atoms with Crippen LogP contribution in [0.1, 0.15) is 34.5 Å². The van der Waals surface area contributed by atoms with Crippen molar-refractivity contribution >= 4 is 11.6 Å². The molecule has 1 aliphatic rings. The quantitative estimate of drug-likeness (QED) is 0.794. The van der Waals surface area contributed by atoms with Crippen LogP contribution in [0, 0.1) is 0 Å². The first-order chi connectivity index (χ1) is 10.8. The molecule has 0 saturated heterocycles. The largest absolute Gasteiger partial charge is 0.491 e. The highest BCUT2D eigenvalue weighted by Crippen LogP contribution is 2.25. The Labute approximate surface area is 129 Å². The SMILES string of the molecule is O=C(Nc1ccc(OCCO)cc1)c1c[nH]c2c1CCCC2. The van der Waals surface area contributed by atoms with Crippen molar-refractivity contribution < 1.29 is 14.6 Å². The maximum absolute atomic E-state index is 12.4. The van der Waals surface area contributed by atoms with Gasteiger partial charge >= 0.3 is 0 Å². The Bertz CT molecular complexity index is 646. The number of H-pyrrole nitrogens is 1. The van der Waals surface area contributed by atoms with Gasteiger partial charge in [-0.3, -0.25) is 4.79 Å². The molecule has 0 atom stereocenters. The predicted molar refractivity (Wildman–Crippen MR) is 84.4 cm³/mol. The average Bonchev–Trinajstić information content (AvgIpc) is 2.98. The summed E-state index contributed by atoms with van der Waals surface area (Å²) >= 11 is 0. The Kier molecular flexibility index (Phi) is 4.44. The van der Waals surface area contributed by atoms with Crippen LogP contribution in [0.4, 0.5) is 5.69 Å². The van der Waals surface area contributed by atoms with Crippen LogP contribution >= 0.6 is 0 Å². The van der Waals surface area contributed by atoms with Crippen molar-refractivity contribution in [1.82, 2.24) is 4.98 Å². The number of anilines is 1. The highest BCUT2D eigenvalue weighted by atomic mass is 16.5. The molecule has 116 valence electrons. The number of carbonyl (C=O) groups is 1. The number of aryl methyl sites for hydroxylation is 1. The number of amides is 1. The van der Waals surface area contributed by atoms with Crippen LogP contribution in [0.3, 0.4) is 0 Å². The monoisotopic (exact) mass is 300 g/mol. The van der Waals surface area contributed by atoms with Crippen molar-refractivity contribution in [2.75, 3.05) is 18.5 Å². The molecular weight excluding hydrogens is 280 g/mol. The maximum atomic E-state index is 12.4. The molecule has 1 aliphatic carbocycles. The number of carbonyl (C=O) groups excluding carboxylic acids is 1. The molecule has 3 rings (SSSR count). The second kappa shape index (κ2) is 6.66. The summed E-state index contributed by atoms with van der Waals surface area (Å²) in [6.45, 7) is 0.248. The lowest BCUT2D eigenvalue weighted by molar-refractivity contribution is 0.102. The minimum Gasteiger partial charge on any atom is -0.491 e. The van der Waals surface area contributed by atoms with Crippen molar-refractivity contribution in [3.63, 3.8) is 0 Å². The van der Waals surface area contributed by atoms with Crippen LogP contribution in [0.15, 0.2) is 30.5 Å². The number of aliphatic hydroxyl groups is 1. The summed E-state index contributed by atoms with van der Waals surface area (Å²) in [5, 5.41) is 11.6. The van der Waals surface area contributed by atoms with Crippen LogP contribution in [-0.2, 0) is 12.8 Å². The van der Waals surface area contributed by atoms with E-state index in [1.165, 1.54) is 12.1 Å². The molecule has 5 heteroatoms. The van der Waals surface area contributed by atoms with E-state index in [4.69, 9.17) is 9.84 Å². The van der Waals surface area contributed by atoms with E-state index < -0.39 is 0 Å². The fourth-order valence-corrected chi connectivity index (χ4v) is 2.81. The molecule has 1 amide bonds. The Morgan fingerprint density at radius 3 is 2.77 bits per heavy atom. The number of aromatic amines is 1. The van der Waals surface area contributed by atoms with E-state index in [2.05, 4.69) is 10.3 Å². The second-order valence-electron chi connectivity index (χ2n) is 5.42. The van der Waals surface area contributed by atoms with E-state index >= 15 is 0 Å². The van der Waals surface area contributed by atoms with E-state index in [9.17, 15) is 4.79 Å². The normalized spacial score (nSPS) is 13.5. The van der Waals surface area contributed by atoms with Crippen LogP contribution in [0.25, 0.3) is 0 Å². The number of aliphatic hydroxyl groups excluding tert-OH is 1. The number of nitrogens with one attached hydrogen (secondary N) is 2. The highest BCUT2D eigenvalue weighted by Gasteiger charge is 2.19. The van der Waals surface area contributed by atoms with Gasteiger partial charge in [-0.1, -0.05) is 0 Å². The van der Waals surface area contributed by atoms with Gasteiger partial charge in [-0.2, -0.15) is 0 Å². The minimum absolute atomic E-state index is 0.0168. The molecule has 0 bridgehead atoms. The Morgan fingerprint density at radius 1 is 1.23 bits per heavy atom. The standard InChI is InChI=1S/C17H20N2O3/c20-9-10-22-13-7-5-12(6-8-13)19-17(21)15-11-18-16-4-2-1-3-14(15)16/h5-8,11,18,20H,1-4,9-10H2,(H,19,21). The molecule has 0 unspecified atom stereocenters. The molecule has 3 N–H and O–H groups in total. The van der Waals surface area contributed by atoms with Gasteiger partial charge in [-0.05, 0) is 55.5 Å². The number of aromatic nitrogens is 1. The molecule has 0 spiro atoms. The van der Waals surface area contributed by atoms with Crippen LogP contribution < -0.4 is 10.1 Å². The first-order valence-electron chi connectivity index (χ1n) is 7.62. The summed E-state index contributed by atoms with van der Waals surface area (Å²) < 4.78 is 5.29. The third kappa shape index (κ3) is 3.14. The lowest BCUT2D eigenvalue weighted by atomic mass is 9.95. The Morgan fingerprint density at radius 2 is 2.00 bits per heavy atom. The molecule has 1 aromatic heterocycles. The fourth-order valence-electron chi connectivity index (χ4n) is 2.81. The first-order valence-corrected chi connectivity index (χ1v) is 7.62. The van der Waals surface area contributed by atoms with Crippen LogP contribution in [0.2, 0.25) is 0 Å². The van der Waals surface area contributed by atoms with Gasteiger partial charge in [-0.15, -0.1) is 0 Å². The van der Waals surface area contributed by atoms with Gasteiger partial charge in [0.1, 0.15) is 12.4 Å². The number of hydrogen-bond acceptors (Lipinski definition) is 3. The van der Waals surface area contributed by atoms with Gasteiger partial charge in [0.25, 0.3) is 5.91 Å². The van der Waals surface area contributed by atoms with Crippen molar-refractivity contribution in [3.8, 4) is 5.75 Å². The molecule has 5 nitrogen and oxygen atoms in total. The number of ether oxygens (including phenoxy) is 1. The van der Waals surface area contributed by atoms with E-state index in [1.54, 1.807) is 24.3 Å². The Balaban J connectivity index is 1.67. The zero-order valence-corrected chi connectivity index (χ0v) is 12.4. The number of rotatable bonds is 5. The zero-order chi connectivity index (χ0) is 15.4. The minimum atomic E-state index is -0.0802. The van der Waals surface area contributed by atoms with E-state index in [0.29, 0.717) is 5.75 Å². The molecule has 1 heterocycles. The number of benzene rings is 1. The highest BCUT2D eigenvalue weighted by molar-refractivity contribution is 6.05. The van der Waals surface area contributed by atoms with Gasteiger partial charge < -0.3 is 20.1 Å². The summed E-state index contributed by atoms with van der Waals surface area (Å²) in [5.74, 6) is 0.592. The molecule has 0 fully saturated rings. The van der Waals surface area contributed by atoms with Crippen LogP contribution in [-0.4, -0.2) is 29.2 Å². The lowest BCUT2D eigenvalue weighted by Crippen LogP contribution is -2.14. The second-order valence-corrected chi connectivity index (χ2v) is 5.42. The molecule has 0 aliphatic heterocycles. The third-order valence-corrected chi connectivity index (χ3v) is 3.90. The molecular formula is C17H20N2O3. The zero-order valence-electron chi connectivity index (χ0n) is 12.4. The average molecular weight is 300 g/mol. The molecule has 2 aromatic rings. The maximum Gasteiger partial charge on any atom is 0.257 e. The molecule has 22 heavy (non-hydrogen) atoms. The van der Waals surface area contributed by atoms with Gasteiger partial charge in [0, 0.05) is 17.6 Å².